The zero-order valence-corrected chi connectivity index (χ0v) is 20.2. The highest BCUT2D eigenvalue weighted by atomic mass is 16.4. The molecular formula is C26H46BO-. The fourth-order valence-electron chi connectivity index (χ4n) is 9.40. The molecule has 6 fully saturated rings. The van der Waals surface area contributed by atoms with Crippen LogP contribution >= 0.6 is 0 Å². The quantitative estimate of drug-likeness (QED) is 0.348. The van der Waals surface area contributed by atoms with E-state index in [1.54, 1.807) is 0 Å². The summed E-state index contributed by atoms with van der Waals surface area (Å²) < 4.78 is 6.80. The molecule has 0 saturated heterocycles. The van der Waals surface area contributed by atoms with E-state index in [0.717, 1.165) is 47.1 Å². The molecule has 0 radical (unpaired) electrons. The summed E-state index contributed by atoms with van der Waals surface area (Å²) in [7, 11) is 2.08. The van der Waals surface area contributed by atoms with Gasteiger partial charge >= 0.3 is 0 Å². The smallest absolute Gasteiger partial charge is 0.123 e. The van der Waals surface area contributed by atoms with E-state index in [4.69, 9.17) is 4.65 Å². The van der Waals surface area contributed by atoms with Gasteiger partial charge in [0.2, 0.25) is 0 Å². The van der Waals surface area contributed by atoms with Crippen molar-refractivity contribution < 1.29 is 4.65 Å². The van der Waals surface area contributed by atoms with Crippen LogP contribution in [0.15, 0.2) is 11.6 Å². The summed E-state index contributed by atoms with van der Waals surface area (Å²) in [5.41, 5.74) is 2.58. The van der Waals surface area contributed by atoms with Gasteiger partial charge in [0.05, 0.1) is 0 Å². The van der Waals surface area contributed by atoms with Crippen molar-refractivity contribution in [3.05, 3.63) is 11.6 Å². The SMILES string of the molecule is CO[B-](CC=C(C)C)([C@@H]1C[C@@H]2C[C@H]([C@H]1C)C2(C)C)[C@@H]1C[C@@H]2C[C@H]([C@H]1C)C2(C)C. The van der Waals surface area contributed by atoms with Gasteiger partial charge in [-0.25, -0.2) is 0 Å². The molecule has 2 heteroatoms. The zero-order chi connectivity index (χ0) is 20.6. The lowest BCUT2D eigenvalue weighted by atomic mass is 9.15. The van der Waals surface area contributed by atoms with Gasteiger partial charge in [-0.3, -0.25) is 0 Å². The predicted molar refractivity (Wildman–Crippen MR) is 123 cm³/mol. The Bertz CT molecular complexity index is 601. The van der Waals surface area contributed by atoms with Crippen LogP contribution in [0, 0.1) is 46.3 Å². The van der Waals surface area contributed by atoms with Crippen LogP contribution in [-0.2, 0) is 4.65 Å². The van der Waals surface area contributed by atoms with Crippen LogP contribution in [0.2, 0.25) is 18.0 Å². The highest BCUT2D eigenvalue weighted by Crippen LogP contribution is 2.72. The Morgan fingerprint density at radius 2 is 1.29 bits per heavy atom. The fraction of sp³-hybridized carbons (Fsp3) is 0.923. The minimum absolute atomic E-state index is 0.560. The molecular weight excluding hydrogens is 339 g/mol. The van der Waals surface area contributed by atoms with Crippen LogP contribution in [0.3, 0.4) is 0 Å². The lowest BCUT2D eigenvalue weighted by Gasteiger charge is -2.72. The summed E-state index contributed by atoms with van der Waals surface area (Å²) >= 11 is 0. The molecule has 6 aliphatic rings. The van der Waals surface area contributed by atoms with E-state index in [9.17, 15) is 0 Å². The number of fused-ring (bicyclic) bond motifs is 4. The van der Waals surface area contributed by atoms with Gasteiger partial charge in [-0.1, -0.05) is 71.8 Å². The van der Waals surface area contributed by atoms with E-state index in [0.29, 0.717) is 10.8 Å². The van der Waals surface area contributed by atoms with Crippen molar-refractivity contribution in [2.45, 2.75) is 99.0 Å². The molecule has 6 aliphatic carbocycles. The standard InChI is InChI=1S/C26H46BO/c1-16(2)10-11-27(28-9,23-14-19-12-21(17(23)3)25(19,5)6)24-15-20-13-22(18(24)4)26(20,7)8/h10,17-24H,11-15H2,1-9H3/q-1/t17-,18-,19+,20+,21-,22-,23-,24-/m1/s1. The first-order valence-corrected chi connectivity index (χ1v) is 12.3. The van der Waals surface area contributed by atoms with Crippen molar-refractivity contribution in [2.75, 3.05) is 7.11 Å². The van der Waals surface area contributed by atoms with Crippen molar-refractivity contribution >= 4 is 6.35 Å². The third-order valence-electron chi connectivity index (χ3n) is 11.6. The Hall–Kier alpha value is -0.235. The molecule has 0 spiro atoms. The van der Waals surface area contributed by atoms with Crippen molar-refractivity contribution in [1.29, 1.82) is 0 Å². The molecule has 160 valence electrons. The number of hydrogen-bond donors (Lipinski definition) is 0. The average Bonchev–Trinajstić information content (AvgIpc) is 2.62. The highest BCUT2D eigenvalue weighted by molar-refractivity contribution is 6.77. The molecule has 6 saturated carbocycles. The molecule has 0 aromatic carbocycles. The largest absolute Gasteiger partial charge is 0.592 e. The molecule has 0 aromatic heterocycles. The molecule has 0 unspecified atom stereocenters. The Morgan fingerprint density at radius 1 is 0.857 bits per heavy atom. The van der Waals surface area contributed by atoms with Crippen LogP contribution in [-0.4, -0.2) is 13.5 Å². The summed E-state index contributed by atoms with van der Waals surface area (Å²) in [5.74, 6) is 6.84. The molecule has 0 N–H and O–H groups in total. The number of allylic oxidation sites excluding steroid dienone is 2. The van der Waals surface area contributed by atoms with Gasteiger partial charge in [0.1, 0.15) is 6.35 Å². The topological polar surface area (TPSA) is 9.23 Å². The zero-order valence-electron chi connectivity index (χ0n) is 20.2. The van der Waals surface area contributed by atoms with Gasteiger partial charge in [0.25, 0.3) is 0 Å². The lowest BCUT2D eigenvalue weighted by Crippen LogP contribution is -2.65. The van der Waals surface area contributed by atoms with Crippen LogP contribution in [0.5, 0.6) is 0 Å². The van der Waals surface area contributed by atoms with E-state index in [1.165, 1.54) is 37.6 Å². The molecule has 0 amide bonds. The monoisotopic (exact) mass is 385 g/mol. The normalized spacial score (nSPS) is 45.6. The number of hydrogen-bond acceptors (Lipinski definition) is 1. The third-order valence-corrected chi connectivity index (χ3v) is 11.6. The van der Waals surface area contributed by atoms with Crippen molar-refractivity contribution in [2.24, 2.45) is 46.3 Å². The van der Waals surface area contributed by atoms with Gasteiger partial charge in [-0.15, -0.1) is 24.0 Å². The molecule has 4 bridgehead atoms. The Labute approximate surface area is 175 Å². The Balaban J connectivity index is 1.69. The van der Waals surface area contributed by atoms with E-state index >= 15 is 0 Å². The maximum absolute atomic E-state index is 6.80. The van der Waals surface area contributed by atoms with Gasteiger partial charge in [-0.05, 0) is 68.3 Å². The fourth-order valence-corrected chi connectivity index (χ4v) is 9.40. The summed E-state index contributed by atoms with van der Waals surface area (Å²) in [6.45, 7) is 19.9. The second-order valence-corrected chi connectivity index (χ2v) is 13.1. The van der Waals surface area contributed by atoms with Crippen LogP contribution in [0.25, 0.3) is 0 Å². The summed E-state index contributed by atoms with van der Waals surface area (Å²) in [6.07, 6.45) is 8.66. The van der Waals surface area contributed by atoms with E-state index in [-0.39, 0.29) is 0 Å². The second kappa shape index (κ2) is 6.63. The van der Waals surface area contributed by atoms with Crippen molar-refractivity contribution in [3.63, 3.8) is 0 Å². The maximum Gasteiger partial charge on any atom is 0.123 e. The van der Waals surface area contributed by atoms with E-state index < -0.39 is 6.35 Å². The molecule has 8 atom stereocenters. The highest BCUT2D eigenvalue weighted by Gasteiger charge is 2.63. The average molecular weight is 385 g/mol. The first kappa shape index (κ1) is 21.0. The van der Waals surface area contributed by atoms with Gasteiger partial charge in [-0.2, -0.15) is 0 Å². The summed E-state index contributed by atoms with van der Waals surface area (Å²) in [6, 6.07) is 0. The third kappa shape index (κ3) is 2.68. The maximum atomic E-state index is 6.80. The molecule has 28 heavy (non-hydrogen) atoms. The first-order chi connectivity index (χ1) is 13.0. The van der Waals surface area contributed by atoms with Crippen molar-refractivity contribution in [1.82, 2.24) is 0 Å². The Morgan fingerprint density at radius 3 is 1.57 bits per heavy atom. The van der Waals surface area contributed by atoms with Crippen LogP contribution in [0.4, 0.5) is 0 Å². The Kier molecular flexibility index (Phi) is 4.98. The van der Waals surface area contributed by atoms with Gasteiger partial charge in [0, 0.05) is 0 Å². The molecule has 0 heterocycles. The minimum atomic E-state index is -0.825. The summed E-state index contributed by atoms with van der Waals surface area (Å²) in [5, 5.41) is 0. The minimum Gasteiger partial charge on any atom is -0.592 e. The molecule has 6 rings (SSSR count). The molecule has 1 nitrogen and oxygen atoms in total. The second-order valence-electron chi connectivity index (χ2n) is 13.1. The van der Waals surface area contributed by atoms with Crippen molar-refractivity contribution in [3.8, 4) is 0 Å². The summed E-state index contributed by atoms with van der Waals surface area (Å²) in [4.78, 5) is 0. The van der Waals surface area contributed by atoms with Gasteiger partial charge in [0.15, 0.2) is 0 Å². The lowest BCUT2D eigenvalue weighted by molar-refractivity contribution is -0.113. The van der Waals surface area contributed by atoms with Crippen LogP contribution < -0.4 is 0 Å². The first-order valence-electron chi connectivity index (χ1n) is 12.3. The molecule has 0 aromatic rings. The van der Waals surface area contributed by atoms with Gasteiger partial charge < -0.3 is 4.65 Å². The van der Waals surface area contributed by atoms with E-state index in [2.05, 4.69) is 68.6 Å². The molecule has 0 aliphatic heterocycles. The number of rotatable bonds is 5. The van der Waals surface area contributed by atoms with E-state index in [1.807, 2.05) is 0 Å². The van der Waals surface area contributed by atoms with Crippen LogP contribution in [0.1, 0.15) is 81.1 Å². The predicted octanol–water partition coefficient (Wildman–Crippen LogP) is 7.69.